The number of allylic oxidation sites excluding steroid dienone is 1. The summed E-state index contributed by atoms with van der Waals surface area (Å²) in [5.74, 6) is 0.753. The lowest BCUT2D eigenvalue weighted by Gasteiger charge is -1.98. The number of halogens is 1. The highest BCUT2D eigenvalue weighted by Crippen LogP contribution is 2.39. The number of nitrogens with one attached hydrogen (secondary N) is 1. The zero-order chi connectivity index (χ0) is 23.2. The first-order chi connectivity index (χ1) is 16.1. The number of thiocarbonyl (C=S) groups is 1. The van der Waals surface area contributed by atoms with Gasteiger partial charge < -0.3 is 19.9 Å². The van der Waals surface area contributed by atoms with Crippen LogP contribution in [0.5, 0.6) is 0 Å². The van der Waals surface area contributed by atoms with Crippen LogP contribution in [-0.4, -0.2) is 37.4 Å². The molecule has 0 atom stereocenters. The van der Waals surface area contributed by atoms with E-state index in [1.165, 1.54) is 30.0 Å². The number of hydrogen-bond acceptors (Lipinski definition) is 6. The van der Waals surface area contributed by atoms with Gasteiger partial charge >= 0.3 is 0 Å². The quantitative estimate of drug-likeness (QED) is 0.234. The fourth-order valence-electron chi connectivity index (χ4n) is 3.47. The highest BCUT2D eigenvalue weighted by Gasteiger charge is 2.23. The second-order valence-electron chi connectivity index (χ2n) is 7.85. The molecule has 3 N–H and O–H groups in total. The van der Waals surface area contributed by atoms with Crippen molar-refractivity contribution in [3.63, 3.8) is 0 Å². The number of rotatable bonds is 7. The van der Waals surface area contributed by atoms with Crippen LogP contribution in [0.1, 0.15) is 35.7 Å². The molecule has 0 radical (unpaired) electrons. The first-order valence-corrected chi connectivity index (χ1v) is 11.6. The van der Waals surface area contributed by atoms with Crippen molar-refractivity contribution in [3.8, 4) is 0 Å². The van der Waals surface area contributed by atoms with Crippen molar-refractivity contribution in [2.45, 2.75) is 31.8 Å². The van der Waals surface area contributed by atoms with Crippen molar-refractivity contribution in [1.82, 2.24) is 24.1 Å². The highest BCUT2D eigenvalue weighted by atomic mass is 35.5. The molecule has 0 aliphatic heterocycles. The Balaban J connectivity index is 0.000000172. The molecule has 33 heavy (non-hydrogen) atoms. The molecule has 170 valence electrons. The van der Waals surface area contributed by atoms with E-state index in [1.54, 1.807) is 12.5 Å². The normalized spacial score (nSPS) is 14.1. The van der Waals surface area contributed by atoms with Crippen LogP contribution in [0.25, 0.3) is 11.2 Å². The van der Waals surface area contributed by atoms with Crippen molar-refractivity contribution in [1.29, 1.82) is 0 Å². The third-order valence-corrected chi connectivity index (χ3v) is 5.83. The van der Waals surface area contributed by atoms with Crippen LogP contribution in [0.3, 0.4) is 0 Å². The lowest BCUT2D eigenvalue weighted by Crippen LogP contribution is -2.05. The fourth-order valence-corrected chi connectivity index (χ4v) is 3.77. The molecule has 4 aromatic heterocycles. The largest absolute Gasteiger partial charge is 0.404 e. The van der Waals surface area contributed by atoms with Gasteiger partial charge in [0, 0.05) is 53.5 Å². The summed E-state index contributed by atoms with van der Waals surface area (Å²) in [6, 6.07) is 8.01. The van der Waals surface area contributed by atoms with Crippen LogP contribution in [0, 0.1) is 0 Å². The molecule has 9 heteroatoms. The van der Waals surface area contributed by atoms with E-state index < -0.39 is 0 Å². The van der Waals surface area contributed by atoms with Crippen molar-refractivity contribution < 1.29 is 0 Å². The number of imidazole rings is 2. The smallest absolute Gasteiger partial charge is 0.137 e. The van der Waals surface area contributed by atoms with Crippen LogP contribution in [0.4, 0.5) is 0 Å². The van der Waals surface area contributed by atoms with E-state index in [1.807, 2.05) is 36.0 Å². The second-order valence-corrected chi connectivity index (χ2v) is 8.52. The maximum Gasteiger partial charge on any atom is 0.137 e. The van der Waals surface area contributed by atoms with Crippen molar-refractivity contribution in [2.24, 2.45) is 10.7 Å². The van der Waals surface area contributed by atoms with Gasteiger partial charge in [-0.1, -0.05) is 29.9 Å². The van der Waals surface area contributed by atoms with Gasteiger partial charge in [-0.15, -0.1) is 0 Å². The molecule has 0 unspecified atom stereocenters. The Kier molecular flexibility index (Phi) is 7.49. The summed E-state index contributed by atoms with van der Waals surface area (Å²) < 4.78 is 4.04. The van der Waals surface area contributed by atoms with E-state index in [-0.39, 0.29) is 0 Å². The van der Waals surface area contributed by atoms with Gasteiger partial charge in [0.1, 0.15) is 5.65 Å². The zero-order valence-electron chi connectivity index (χ0n) is 18.4. The predicted octanol–water partition coefficient (Wildman–Crippen LogP) is 4.33. The van der Waals surface area contributed by atoms with E-state index in [4.69, 9.17) is 29.6 Å². The maximum atomic E-state index is 5.89. The van der Waals surface area contributed by atoms with Gasteiger partial charge in [-0.2, -0.15) is 0 Å². The number of fused-ring (bicyclic) bond motifs is 2. The molecule has 7 nitrogen and oxygen atoms in total. The minimum atomic E-state index is 0.529. The Morgan fingerprint density at radius 3 is 2.88 bits per heavy atom. The molecule has 5 rings (SSSR count). The molecule has 1 fully saturated rings. The molecular formula is C24H26ClN7S. The number of pyridine rings is 2. The summed E-state index contributed by atoms with van der Waals surface area (Å²) >= 11 is 10.7. The van der Waals surface area contributed by atoms with E-state index in [2.05, 4.69) is 43.0 Å². The molecule has 4 heterocycles. The topological polar surface area (TPSA) is 85.0 Å². The molecule has 1 aliphatic carbocycles. The SMILES string of the molecule is CNCc1ncn2ccc(Cl)cc12.N/C=C(/C=S)C=NCc1cn2cc(C3CC3)ccc2n1. The monoisotopic (exact) mass is 479 g/mol. The fraction of sp³-hybridized carbons (Fsp3) is 0.250. The zero-order valence-corrected chi connectivity index (χ0v) is 19.9. The minimum absolute atomic E-state index is 0.529. The van der Waals surface area contributed by atoms with Crippen LogP contribution < -0.4 is 11.1 Å². The number of nitrogens with zero attached hydrogens (tertiary/aromatic N) is 5. The van der Waals surface area contributed by atoms with Gasteiger partial charge in [-0.05, 0) is 49.6 Å². The molecule has 0 saturated heterocycles. The molecule has 4 aromatic rings. The van der Waals surface area contributed by atoms with Crippen LogP contribution in [0.2, 0.25) is 5.02 Å². The Labute approximate surface area is 203 Å². The average molecular weight is 480 g/mol. The van der Waals surface area contributed by atoms with Crippen molar-refractivity contribution in [3.05, 3.63) is 82.9 Å². The van der Waals surface area contributed by atoms with E-state index in [0.29, 0.717) is 6.54 Å². The summed E-state index contributed by atoms with van der Waals surface area (Å²) in [5, 5.41) is 5.31. The second kappa shape index (κ2) is 10.7. The number of aliphatic imine (C=N–C) groups is 1. The summed E-state index contributed by atoms with van der Waals surface area (Å²) in [4.78, 5) is 13.1. The van der Waals surface area contributed by atoms with Crippen LogP contribution >= 0.6 is 23.8 Å². The van der Waals surface area contributed by atoms with Gasteiger partial charge in [0.15, 0.2) is 0 Å². The molecule has 0 bridgehead atoms. The summed E-state index contributed by atoms with van der Waals surface area (Å²) in [5.41, 5.74) is 11.5. The number of aromatic nitrogens is 4. The minimum Gasteiger partial charge on any atom is -0.404 e. The standard InChI is InChI=1S/C15H16N4S.C9H10ClN3/c16-5-11(10-20)6-17-7-14-9-19-8-13(12-1-2-12)3-4-15(19)18-14;1-11-5-8-9-4-7(10)2-3-13(9)6-12-8/h3-6,8-10,12H,1-2,7,16H2;2-4,6,11H,5H2,1H3/b11-5+,17-6?;. The predicted molar refractivity (Wildman–Crippen MR) is 138 cm³/mol. The number of hydrogen-bond donors (Lipinski definition) is 2. The molecule has 1 aliphatic rings. The van der Waals surface area contributed by atoms with Crippen molar-refractivity contribution in [2.75, 3.05) is 7.05 Å². The van der Waals surface area contributed by atoms with Gasteiger partial charge in [-0.3, -0.25) is 4.99 Å². The Morgan fingerprint density at radius 1 is 1.30 bits per heavy atom. The average Bonchev–Trinajstić information content (AvgIpc) is 3.49. The molecule has 0 amide bonds. The third-order valence-electron chi connectivity index (χ3n) is 5.32. The third kappa shape index (κ3) is 5.84. The lowest BCUT2D eigenvalue weighted by molar-refractivity contribution is 0.802. The van der Waals surface area contributed by atoms with Gasteiger partial charge in [0.05, 0.1) is 29.8 Å². The first kappa shape index (κ1) is 23.1. The van der Waals surface area contributed by atoms with Crippen LogP contribution in [0.15, 0.2) is 65.9 Å². The first-order valence-electron chi connectivity index (χ1n) is 10.7. The van der Waals surface area contributed by atoms with Crippen molar-refractivity contribution >= 4 is 46.6 Å². The van der Waals surface area contributed by atoms with Gasteiger partial charge in [0.2, 0.25) is 0 Å². The lowest BCUT2D eigenvalue weighted by atomic mass is 10.2. The van der Waals surface area contributed by atoms with E-state index in [9.17, 15) is 0 Å². The molecule has 0 aromatic carbocycles. The maximum absolute atomic E-state index is 5.89. The summed E-state index contributed by atoms with van der Waals surface area (Å²) in [6.45, 7) is 1.29. The van der Waals surface area contributed by atoms with Gasteiger partial charge in [-0.25, -0.2) is 9.97 Å². The highest BCUT2D eigenvalue weighted by molar-refractivity contribution is 7.79. The van der Waals surface area contributed by atoms with E-state index in [0.717, 1.165) is 45.6 Å². The number of nitrogens with two attached hydrogens (primary N) is 1. The van der Waals surface area contributed by atoms with Crippen LogP contribution in [-0.2, 0) is 13.1 Å². The summed E-state index contributed by atoms with van der Waals surface area (Å²) in [6.07, 6.45) is 13.6. The summed E-state index contributed by atoms with van der Waals surface area (Å²) in [7, 11) is 1.90. The molecule has 1 saturated carbocycles. The molecular weight excluding hydrogens is 454 g/mol. The van der Waals surface area contributed by atoms with Gasteiger partial charge in [0.25, 0.3) is 0 Å². The molecule has 0 spiro atoms. The Morgan fingerprint density at radius 2 is 2.15 bits per heavy atom. The Hall–Kier alpha value is -3.07. The Bertz CT molecular complexity index is 1320. The van der Waals surface area contributed by atoms with E-state index >= 15 is 0 Å².